The highest BCUT2D eigenvalue weighted by atomic mass is 16.7. The van der Waals surface area contributed by atoms with Gasteiger partial charge in [-0.2, -0.15) is 0 Å². The molecule has 3 aliphatic heterocycles. The summed E-state index contributed by atoms with van der Waals surface area (Å²) < 4.78 is 68.8. The summed E-state index contributed by atoms with van der Waals surface area (Å²) in [5, 5.41) is 0. The molecule has 3 rings (SSSR count). The van der Waals surface area contributed by atoms with E-state index in [1.165, 1.54) is 0 Å². The van der Waals surface area contributed by atoms with Crippen molar-refractivity contribution in [2.75, 3.05) is 112 Å². The predicted octanol–water partition coefficient (Wildman–Crippen LogP) is 3.47. The SMILES string of the molecule is CC(COCCOCCOC1CCCCO1)(COCCOCCOC1CCCCO1)OCCOCCOC1CCCCO1. The molecule has 12 heteroatoms. The lowest BCUT2D eigenvalue weighted by molar-refractivity contribution is -0.174. The number of hydrogen-bond acceptors (Lipinski definition) is 12. The van der Waals surface area contributed by atoms with Crippen LogP contribution in [0.15, 0.2) is 0 Å². The molecule has 0 aromatic carbocycles. The van der Waals surface area contributed by atoms with Crippen LogP contribution in [0.3, 0.4) is 0 Å². The minimum atomic E-state index is -0.640. The van der Waals surface area contributed by atoms with Crippen LogP contribution in [0.5, 0.6) is 0 Å². The Hall–Kier alpha value is -0.480. The Balaban J connectivity index is 1.22. The lowest BCUT2D eigenvalue weighted by Gasteiger charge is -2.29. The third kappa shape index (κ3) is 18.9. The molecule has 3 saturated heterocycles. The van der Waals surface area contributed by atoms with Crippen LogP contribution in [0.1, 0.15) is 64.7 Å². The van der Waals surface area contributed by atoms with Gasteiger partial charge in [0.05, 0.1) is 92.5 Å². The van der Waals surface area contributed by atoms with Crippen molar-refractivity contribution in [1.29, 1.82) is 0 Å². The van der Waals surface area contributed by atoms with Gasteiger partial charge in [0.25, 0.3) is 0 Å². The molecule has 0 aliphatic carbocycles. The van der Waals surface area contributed by atoms with E-state index < -0.39 is 5.60 Å². The maximum absolute atomic E-state index is 6.16. The van der Waals surface area contributed by atoms with Gasteiger partial charge in [-0.1, -0.05) is 0 Å². The van der Waals surface area contributed by atoms with Crippen molar-refractivity contribution in [3.05, 3.63) is 0 Å². The molecule has 0 aromatic rings. The fourth-order valence-electron chi connectivity index (χ4n) is 4.83. The monoisotopic (exact) mass is 622 g/mol. The first kappa shape index (κ1) is 37.0. The van der Waals surface area contributed by atoms with Gasteiger partial charge in [0.15, 0.2) is 18.9 Å². The summed E-state index contributed by atoms with van der Waals surface area (Å²) in [5.41, 5.74) is -0.640. The van der Waals surface area contributed by atoms with Crippen molar-refractivity contribution in [3.63, 3.8) is 0 Å². The van der Waals surface area contributed by atoms with Gasteiger partial charge in [-0.05, 0) is 64.7 Å². The van der Waals surface area contributed by atoms with E-state index in [9.17, 15) is 0 Å². The van der Waals surface area contributed by atoms with Crippen molar-refractivity contribution in [3.8, 4) is 0 Å². The number of rotatable bonds is 26. The Morgan fingerprint density at radius 1 is 0.442 bits per heavy atom. The second-order valence-corrected chi connectivity index (χ2v) is 11.2. The zero-order valence-corrected chi connectivity index (χ0v) is 26.5. The average Bonchev–Trinajstić information content (AvgIpc) is 3.04. The van der Waals surface area contributed by atoms with Crippen LogP contribution >= 0.6 is 0 Å². The van der Waals surface area contributed by atoms with Gasteiger partial charge >= 0.3 is 0 Å². The molecule has 0 saturated carbocycles. The van der Waals surface area contributed by atoms with Crippen molar-refractivity contribution >= 4 is 0 Å². The molecule has 3 fully saturated rings. The second-order valence-electron chi connectivity index (χ2n) is 11.2. The highest BCUT2D eigenvalue weighted by Gasteiger charge is 2.26. The van der Waals surface area contributed by atoms with Crippen LogP contribution in [0, 0.1) is 0 Å². The smallest absolute Gasteiger partial charge is 0.157 e. The molecule has 43 heavy (non-hydrogen) atoms. The molecule has 0 radical (unpaired) electrons. The van der Waals surface area contributed by atoms with Gasteiger partial charge in [0, 0.05) is 19.8 Å². The molecule has 254 valence electrons. The van der Waals surface area contributed by atoms with Gasteiger partial charge in [-0.3, -0.25) is 0 Å². The lowest BCUT2D eigenvalue weighted by atomic mass is 10.1. The molecule has 3 atom stereocenters. The Labute approximate surface area is 258 Å². The Kier molecular flexibility index (Phi) is 21.3. The molecular weight excluding hydrogens is 564 g/mol. The first-order chi connectivity index (χ1) is 21.2. The van der Waals surface area contributed by atoms with Crippen molar-refractivity contribution < 1.29 is 56.8 Å². The van der Waals surface area contributed by atoms with E-state index in [2.05, 4.69) is 0 Å². The number of ether oxygens (including phenoxy) is 12. The molecular formula is C31H58O12. The first-order valence-corrected chi connectivity index (χ1v) is 16.5. The summed E-state index contributed by atoms with van der Waals surface area (Å²) in [7, 11) is 0. The van der Waals surface area contributed by atoms with Gasteiger partial charge < -0.3 is 56.8 Å². The van der Waals surface area contributed by atoms with E-state index in [0.29, 0.717) is 92.5 Å². The van der Waals surface area contributed by atoms with Crippen LogP contribution in [0.25, 0.3) is 0 Å². The molecule has 0 spiro atoms. The Morgan fingerprint density at radius 3 is 1.16 bits per heavy atom. The molecule has 12 nitrogen and oxygen atoms in total. The van der Waals surface area contributed by atoms with E-state index >= 15 is 0 Å². The second kappa shape index (κ2) is 24.7. The molecule has 0 aromatic heterocycles. The minimum absolute atomic E-state index is 0.0937. The summed E-state index contributed by atoms with van der Waals surface area (Å²) in [4.78, 5) is 0. The van der Waals surface area contributed by atoms with Gasteiger partial charge in [-0.15, -0.1) is 0 Å². The molecule has 0 N–H and O–H groups in total. The molecule has 0 bridgehead atoms. The zero-order chi connectivity index (χ0) is 30.1. The van der Waals surface area contributed by atoms with Crippen molar-refractivity contribution in [2.24, 2.45) is 0 Å². The van der Waals surface area contributed by atoms with Crippen LogP contribution in [-0.2, 0) is 56.8 Å². The maximum Gasteiger partial charge on any atom is 0.157 e. The fraction of sp³-hybridized carbons (Fsp3) is 1.00. The van der Waals surface area contributed by atoms with E-state index in [1.54, 1.807) is 0 Å². The topological polar surface area (TPSA) is 111 Å². The summed E-state index contributed by atoms with van der Waals surface area (Å²) in [6, 6.07) is 0. The highest BCUT2D eigenvalue weighted by molar-refractivity contribution is 4.75. The van der Waals surface area contributed by atoms with Crippen LogP contribution < -0.4 is 0 Å². The standard InChI is InChI=1S/C31H58O12/c1-31(43-25-21-34-20-24-42-30-10-4-7-13-39-30,26-35-16-14-32-18-22-40-28-8-2-5-11-37-28)27-36-17-15-33-19-23-41-29-9-3-6-12-38-29/h28-30H,2-27H2,1H3. The number of hydrogen-bond donors (Lipinski definition) is 0. The summed E-state index contributed by atoms with van der Waals surface area (Å²) in [6.45, 7) is 10.8. The summed E-state index contributed by atoms with van der Waals surface area (Å²) in [5.74, 6) is 0. The van der Waals surface area contributed by atoms with E-state index in [-0.39, 0.29) is 18.9 Å². The summed E-state index contributed by atoms with van der Waals surface area (Å²) in [6.07, 6.45) is 9.34. The maximum atomic E-state index is 6.16. The van der Waals surface area contributed by atoms with Crippen molar-refractivity contribution in [2.45, 2.75) is 89.2 Å². The van der Waals surface area contributed by atoms with Gasteiger partial charge in [-0.25, -0.2) is 0 Å². The largest absolute Gasteiger partial charge is 0.377 e. The predicted molar refractivity (Wildman–Crippen MR) is 157 cm³/mol. The third-order valence-corrected chi connectivity index (χ3v) is 7.24. The molecule has 3 unspecified atom stereocenters. The van der Waals surface area contributed by atoms with E-state index in [0.717, 1.165) is 77.6 Å². The Morgan fingerprint density at radius 2 is 0.791 bits per heavy atom. The van der Waals surface area contributed by atoms with Gasteiger partial charge in [0.1, 0.15) is 5.60 Å². The molecule has 0 amide bonds. The molecule has 3 heterocycles. The minimum Gasteiger partial charge on any atom is -0.377 e. The highest BCUT2D eigenvalue weighted by Crippen LogP contribution is 2.16. The third-order valence-electron chi connectivity index (χ3n) is 7.24. The van der Waals surface area contributed by atoms with Crippen LogP contribution in [0.4, 0.5) is 0 Å². The zero-order valence-electron chi connectivity index (χ0n) is 26.5. The van der Waals surface area contributed by atoms with E-state index in [4.69, 9.17) is 56.8 Å². The quantitative estimate of drug-likeness (QED) is 0.132. The first-order valence-electron chi connectivity index (χ1n) is 16.5. The average molecular weight is 623 g/mol. The van der Waals surface area contributed by atoms with Crippen LogP contribution in [0.2, 0.25) is 0 Å². The molecule has 3 aliphatic rings. The summed E-state index contributed by atoms with van der Waals surface area (Å²) >= 11 is 0. The van der Waals surface area contributed by atoms with E-state index in [1.807, 2.05) is 6.92 Å². The van der Waals surface area contributed by atoms with Gasteiger partial charge in [0.2, 0.25) is 0 Å². The Bertz CT molecular complexity index is 590. The van der Waals surface area contributed by atoms with Crippen LogP contribution in [-0.4, -0.2) is 137 Å². The fourth-order valence-corrected chi connectivity index (χ4v) is 4.83. The van der Waals surface area contributed by atoms with Crippen molar-refractivity contribution in [1.82, 2.24) is 0 Å². The normalized spacial score (nSPS) is 24.6. The lowest BCUT2D eigenvalue weighted by Crippen LogP contribution is -2.41.